The number of benzene rings is 1. The van der Waals surface area contributed by atoms with E-state index in [0.29, 0.717) is 5.92 Å². The highest BCUT2D eigenvalue weighted by Gasteiger charge is 2.28. The number of carbonyl (C=O) groups is 1. The van der Waals surface area contributed by atoms with Crippen LogP contribution in [0.1, 0.15) is 64.4 Å². The Labute approximate surface area is 127 Å². The molecule has 1 aliphatic rings. The summed E-state index contributed by atoms with van der Waals surface area (Å²) in [5.41, 5.74) is 1.25. The van der Waals surface area contributed by atoms with E-state index in [9.17, 15) is 4.79 Å². The van der Waals surface area contributed by atoms with E-state index in [2.05, 4.69) is 26.0 Å². The highest BCUT2D eigenvalue weighted by molar-refractivity contribution is 5.66. The second-order valence-electron chi connectivity index (χ2n) is 5.94. The van der Waals surface area contributed by atoms with Gasteiger partial charge in [0.15, 0.2) is 0 Å². The van der Waals surface area contributed by atoms with Crippen molar-refractivity contribution in [2.45, 2.75) is 71.0 Å². The highest BCUT2D eigenvalue weighted by atomic mass is 16.5. The van der Waals surface area contributed by atoms with Crippen LogP contribution in [0, 0.1) is 0 Å². The minimum Gasteiger partial charge on any atom is -0.491 e. The molecule has 1 unspecified atom stereocenters. The first-order chi connectivity index (χ1) is 10.1. The summed E-state index contributed by atoms with van der Waals surface area (Å²) in [4.78, 5) is 11.3. The third-order valence-electron chi connectivity index (χ3n) is 4.24. The number of rotatable bonds is 5. The lowest BCUT2D eigenvalue weighted by molar-refractivity contribution is -0.148. The molecule has 0 amide bonds. The predicted molar refractivity (Wildman–Crippen MR) is 83.6 cm³/mol. The van der Waals surface area contributed by atoms with E-state index in [1.54, 1.807) is 0 Å². The minimum absolute atomic E-state index is 0.0255. The Hall–Kier alpha value is -1.51. The van der Waals surface area contributed by atoms with Gasteiger partial charge in [-0.15, -0.1) is 0 Å². The van der Waals surface area contributed by atoms with Crippen molar-refractivity contribution >= 4 is 5.97 Å². The summed E-state index contributed by atoms with van der Waals surface area (Å²) in [5, 5.41) is 0. The zero-order chi connectivity index (χ0) is 15.2. The van der Waals surface area contributed by atoms with Crippen molar-refractivity contribution in [2.75, 3.05) is 0 Å². The van der Waals surface area contributed by atoms with Gasteiger partial charge in [-0.2, -0.15) is 0 Å². The molecule has 0 heterocycles. The van der Waals surface area contributed by atoms with Gasteiger partial charge in [0.05, 0.1) is 6.10 Å². The van der Waals surface area contributed by atoms with Crippen LogP contribution < -0.4 is 4.74 Å². The Balaban J connectivity index is 2.06. The van der Waals surface area contributed by atoms with Crippen LogP contribution in [0.3, 0.4) is 0 Å². The molecule has 0 saturated heterocycles. The van der Waals surface area contributed by atoms with Gasteiger partial charge in [0.2, 0.25) is 0 Å². The SMILES string of the molecule is CCC(C)Oc1ccc([C@H]2CCCC[C@@H]2OC(C)=O)cc1. The summed E-state index contributed by atoms with van der Waals surface area (Å²) in [6.07, 6.45) is 5.66. The molecule has 0 radical (unpaired) electrons. The number of ether oxygens (including phenoxy) is 2. The summed E-state index contributed by atoms with van der Waals surface area (Å²) in [6.45, 7) is 5.69. The van der Waals surface area contributed by atoms with E-state index in [0.717, 1.165) is 31.4 Å². The summed E-state index contributed by atoms with van der Waals surface area (Å²) >= 11 is 0. The van der Waals surface area contributed by atoms with E-state index < -0.39 is 0 Å². The third kappa shape index (κ3) is 4.48. The van der Waals surface area contributed by atoms with Gasteiger partial charge in [0, 0.05) is 12.8 Å². The third-order valence-corrected chi connectivity index (χ3v) is 4.24. The van der Waals surface area contributed by atoms with Crippen LogP contribution >= 0.6 is 0 Å². The van der Waals surface area contributed by atoms with E-state index in [4.69, 9.17) is 9.47 Å². The molecular weight excluding hydrogens is 264 g/mol. The molecule has 1 saturated carbocycles. The summed E-state index contributed by atoms with van der Waals surface area (Å²) in [6, 6.07) is 8.29. The molecule has 1 aromatic rings. The molecule has 3 nitrogen and oxygen atoms in total. The molecule has 3 atom stereocenters. The van der Waals surface area contributed by atoms with Gasteiger partial charge in [-0.05, 0) is 50.3 Å². The monoisotopic (exact) mass is 290 g/mol. The summed E-state index contributed by atoms with van der Waals surface area (Å²) in [7, 11) is 0. The second-order valence-corrected chi connectivity index (χ2v) is 5.94. The van der Waals surface area contributed by atoms with Crippen molar-refractivity contribution in [3.63, 3.8) is 0 Å². The lowest BCUT2D eigenvalue weighted by Gasteiger charge is -2.31. The standard InChI is InChI=1S/C18H26O3/c1-4-13(2)20-16-11-9-15(10-12-16)17-7-5-6-8-18(17)21-14(3)19/h9-13,17-18H,4-8H2,1-3H3/t13?,17-,18+/m1/s1. The molecule has 2 rings (SSSR count). The van der Waals surface area contributed by atoms with Crippen LogP contribution in [0.2, 0.25) is 0 Å². The fourth-order valence-corrected chi connectivity index (χ4v) is 2.94. The fraction of sp³-hybridized carbons (Fsp3) is 0.611. The van der Waals surface area contributed by atoms with Crippen LogP contribution in [-0.4, -0.2) is 18.2 Å². The molecule has 0 aromatic heterocycles. The van der Waals surface area contributed by atoms with E-state index >= 15 is 0 Å². The van der Waals surface area contributed by atoms with Gasteiger partial charge in [-0.1, -0.05) is 25.5 Å². The molecule has 0 spiro atoms. The van der Waals surface area contributed by atoms with Crippen molar-refractivity contribution in [1.29, 1.82) is 0 Å². The Morgan fingerprint density at radius 3 is 2.52 bits per heavy atom. The lowest BCUT2D eigenvalue weighted by Crippen LogP contribution is -2.27. The molecule has 116 valence electrons. The molecule has 1 fully saturated rings. The molecule has 1 aromatic carbocycles. The van der Waals surface area contributed by atoms with Crippen molar-refractivity contribution in [3.8, 4) is 5.75 Å². The average Bonchev–Trinajstić information content (AvgIpc) is 2.48. The van der Waals surface area contributed by atoms with Gasteiger partial charge in [-0.25, -0.2) is 0 Å². The molecule has 1 aliphatic carbocycles. The molecular formula is C18H26O3. The first-order valence-electron chi connectivity index (χ1n) is 8.04. The average molecular weight is 290 g/mol. The van der Waals surface area contributed by atoms with Gasteiger partial charge < -0.3 is 9.47 Å². The van der Waals surface area contributed by atoms with E-state index in [1.807, 2.05) is 12.1 Å². The zero-order valence-corrected chi connectivity index (χ0v) is 13.3. The first kappa shape index (κ1) is 15.9. The van der Waals surface area contributed by atoms with Crippen molar-refractivity contribution < 1.29 is 14.3 Å². The predicted octanol–water partition coefficient (Wildman–Crippen LogP) is 4.45. The number of esters is 1. The Bertz CT molecular complexity index is 452. The van der Waals surface area contributed by atoms with Crippen LogP contribution in [0.5, 0.6) is 5.75 Å². The Morgan fingerprint density at radius 2 is 1.90 bits per heavy atom. The van der Waals surface area contributed by atoms with Crippen LogP contribution in [0.15, 0.2) is 24.3 Å². The quantitative estimate of drug-likeness (QED) is 0.751. The largest absolute Gasteiger partial charge is 0.491 e. The molecule has 0 aliphatic heterocycles. The van der Waals surface area contributed by atoms with Gasteiger partial charge in [-0.3, -0.25) is 4.79 Å². The number of carbonyl (C=O) groups excluding carboxylic acids is 1. The maximum Gasteiger partial charge on any atom is 0.302 e. The Kier molecular flexibility index (Phi) is 5.66. The van der Waals surface area contributed by atoms with Crippen molar-refractivity contribution in [1.82, 2.24) is 0 Å². The maximum absolute atomic E-state index is 11.3. The molecule has 21 heavy (non-hydrogen) atoms. The van der Waals surface area contributed by atoms with Crippen molar-refractivity contribution in [3.05, 3.63) is 29.8 Å². The topological polar surface area (TPSA) is 35.5 Å². The highest BCUT2D eigenvalue weighted by Crippen LogP contribution is 2.35. The van der Waals surface area contributed by atoms with Crippen LogP contribution in [0.25, 0.3) is 0 Å². The van der Waals surface area contributed by atoms with E-state index in [-0.39, 0.29) is 18.2 Å². The minimum atomic E-state index is -0.177. The van der Waals surface area contributed by atoms with Crippen molar-refractivity contribution in [2.24, 2.45) is 0 Å². The fourth-order valence-electron chi connectivity index (χ4n) is 2.94. The van der Waals surface area contributed by atoms with Gasteiger partial charge in [0.1, 0.15) is 11.9 Å². The smallest absolute Gasteiger partial charge is 0.302 e. The summed E-state index contributed by atoms with van der Waals surface area (Å²) in [5.74, 6) is 1.05. The van der Waals surface area contributed by atoms with E-state index in [1.165, 1.54) is 18.9 Å². The molecule has 0 bridgehead atoms. The number of hydrogen-bond acceptors (Lipinski definition) is 3. The maximum atomic E-state index is 11.3. The second kappa shape index (κ2) is 7.48. The lowest BCUT2D eigenvalue weighted by atomic mass is 9.81. The molecule has 3 heteroatoms. The summed E-state index contributed by atoms with van der Waals surface area (Å²) < 4.78 is 11.3. The van der Waals surface area contributed by atoms with Gasteiger partial charge in [0.25, 0.3) is 0 Å². The number of hydrogen-bond donors (Lipinski definition) is 0. The van der Waals surface area contributed by atoms with Crippen LogP contribution in [-0.2, 0) is 9.53 Å². The zero-order valence-electron chi connectivity index (χ0n) is 13.3. The van der Waals surface area contributed by atoms with Crippen LogP contribution in [0.4, 0.5) is 0 Å². The Morgan fingerprint density at radius 1 is 1.24 bits per heavy atom. The molecule has 0 N–H and O–H groups in total. The normalized spacial score (nSPS) is 23.4. The first-order valence-corrected chi connectivity index (χ1v) is 8.04. The van der Waals surface area contributed by atoms with Gasteiger partial charge >= 0.3 is 5.97 Å².